The van der Waals surface area contributed by atoms with E-state index in [0.717, 1.165) is 41.7 Å². The third-order valence-electron chi connectivity index (χ3n) is 3.70. The molecule has 1 aliphatic heterocycles. The predicted octanol–water partition coefficient (Wildman–Crippen LogP) is 3.20. The van der Waals surface area contributed by atoms with E-state index in [1.54, 1.807) is 0 Å². The zero-order valence-electron chi connectivity index (χ0n) is 11.4. The molecule has 3 nitrogen and oxygen atoms in total. The van der Waals surface area contributed by atoms with Gasteiger partial charge in [-0.15, -0.1) is 0 Å². The molecule has 2 heterocycles. The second-order valence-corrected chi connectivity index (χ2v) is 5.41. The van der Waals surface area contributed by atoms with Gasteiger partial charge in [-0.1, -0.05) is 32.0 Å². The van der Waals surface area contributed by atoms with E-state index < -0.39 is 0 Å². The van der Waals surface area contributed by atoms with Crippen molar-refractivity contribution in [2.45, 2.75) is 26.2 Å². The highest BCUT2D eigenvalue weighted by atomic mass is 16.2. The summed E-state index contributed by atoms with van der Waals surface area (Å²) in [7, 11) is 0. The third-order valence-corrected chi connectivity index (χ3v) is 3.70. The van der Waals surface area contributed by atoms with Crippen molar-refractivity contribution in [2.75, 3.05) is 13.1 Å². The molecule has 0 spiro atoms. The zero-order valence-corrected chi connectivity index (χ0v) is 11.4. The van der Waals surface area contributed by atoms with Crippen LogP contribution < -0.4 is 0 Å². The number of para-hydroxylation sites is 1. The average molecular weight is 254 g/mol. The second-order valence-electron chi connectivity index (χ2n) is 5.41. The predicted molar refractivity (Wildman–Crippen MR) is 76.4 cm³/mol. The first-order chi connectivity index (χ1) is 9.16. The van der Waals surface area contributed by atoms with Crippen molar-refractivity contribution < 1.29 is 4.79 Å². The van der Waals surface area contributed by atoms with Crippen LogP contribution in [0.1, 0.15) is 42.2 Å². The Hall–Kier alpha value is -1.90. The van der Waals surface area contributed by atoms with Crippen LogP contribution in [0.5, 0.6) is 0 Å². The van der Waals surface area contributed by atoms with E-state index in [9.17, 15) is 4.79 Å². The molecule has 98 valence electrons. The van der Waals surface area contributed by atoms with Gasteiger partial charge in [0.2, 0.25) is 0 Å². The van der Waals surface area contributed by atoms with Gasteiger partial charge in [0.15, 0.2) is 0 Å². The fourth-order valence-corrected chi connectivity index (χ4v) is 2.36. The maximum atomic E-state index is 12.5. The summed E-state index contributed by atoms with van der Waals surface area (Å²) >= 11 is 0. The quantitative estimate of drug-likeness (QED) is 0.824. The van der Waals surface area contributed by atoms with Gasteiger partial charge >= 0.3 is 0 Å². The van der Waals surface area contributed by atoms with Crippen molar-refractivity contribution >= 4 is 16.8 Å². The first-order valence-electron chi connectivity index (χ1n) is 6.86. The van der Waals surface area contributed by atoms with Crippen LogP contribution in [0, 0.1) is 0 Å². The number of hydrogen-bond acceptors (Lipinski definition) is 2. The van der Waals surface area contributed by atoms with Crippen LogP contribution in [0.4, 0.5) is 0 Å². The molecule has 0 saturated carbocycles. The van der Waals surface area contributed by atoms with Gasteiger partial charge in [0.05, 0.1) is 11.1 Å². The van der Waals surface area contributed by atoms with Gasteiger partial charge in [-0.3, -0.25) is 9.78 Å². The number of likely N-dealkylation sites (tertiary alicyclic amines) is 1. The average Bonchev–Trinajstić information content (AvgIpc) is 2.35. The highest BCUT2D eigenvalue weighted by molar-refractivity contribution is 6.06. The van der Waals surface area contributed by atoms with Crippen LogP contribution >= 0.6 is 0 Å². The molecule has 1 aromatic carbocycles. The Labute approximate surface area is 113 Å². The van der Waals surface area contributed by atoms with Crippen molar-refractivity contribution in [1.82, 2.24) is 9.88 Å². The number of pyridine rings is 1. The van der Waals surface area contributed by atoms with E-state index in [2.05, 4.69) is 18.8 Å². The highest BCUT2D eigenvalue weighted by Crippen LogP contribution is 2.24. The van der Waals surface area contributed by atoms with E-state index in [0.29, 0.717) is 5.92 Å². The molecule has 0 radical (unpaired) electrons. The number of rotatable bonds is 2. The topological polar surface area (TPSA) is 33.2 Å². The lowest BCUT2D eigenvalue weighted by Crippen LogP contribution is -2.42. The lowest BCUT2D eigenvalue weighted by Gasteiger charge is -2.31. The third kappa shape index (κ3) is 2.09. The van der Waals surface area contributed by atoms with E-state index in [1.807, 2.05) is 35.2 Å². The van der Waals surface area contributed by atoms with E-state index in [1.165, 1.54) is 0 Å². The van der Waals surface area contributed by atoms with Crippen LogP contribution in [0.3, 0.4) is 0 Å². The summed E-state index contributed by atoms with van der Waals surface area (Å²) in [6, 6.07) is 9.87. The summed E-state index contributed by atoms with van der Waals surface area (Å²) in [5.74, 6) is 0.472. The van der Waals surface area contributed by atoms with Crippen molar-refractivity contribution in [3.8, 4) is 0 Å². The molecule has 0 unspecified atom stereocenters. The summed E-state index contributed by atoms with van der Waals surface area (Å²) < 4.78 is 0. The Morgan fingerprint density at radius 2 is 2.00 bits per heavy atom. The Balaban J connectivity index is 2.16. The normalized spacial score (nSPS) is 14.8. The molecule has 0 bridgehead atoms. The van der Waals surface area contributed by atoms with Crippen molar-refractivity contribution in [2.24, 2.45) is 0 Å². The van der Waals surface area contributed by atoms with Crippen LogP contribution in [-0.2, 0) is 0 Å². The number of amides is 1. The molecule has 19 heavy (non-hydrogen) atoms. The number of aromatic nitrogens is 1. The Morgan fingerprint density at radius 3 is 2.63 bits per heavy atom. The van der Waals surface area contributed by atoms with Gasteiger partial charge < -0.3 is 4.90 Å². The summed E-state index contributed by atoms with van der Waals surface area (Å²) in [5.41, 5.74) is 2.70. The molecule has 1 fully saturated rings. The molecule has 3 rings (SSSR count). The minimum atomic E-state index is 0.145. The molecule has 3 heteroatoms. The van der Waals surface area contributed by atoms with Gasteiger partial charge in [0.25, 0.3) is 5.91 Å². The molecule has 0 aliphatic carbocycles. The van der Waals surface area contributed by atoms with Gasteiger partial charge in [0, 0.05) is 24.2 Å². The SMILES string of the molecule is CC(C)c1cc(C(=O)N2CCC2)c2ccccc2n1. The lowest BCUT2D eigenvalue weighted by molar-refractivity contribution is 0.0653. The molecular formula is C16H18N2O. The second kappa shape index (κ2) is 4.65. The molecule has 2 aromatic rings. The fraction of sp³-hybridized carbons (Fsp3) is 0.375. The van der Waals surface area contributed by atoms with E-state index in [4.69, 9.17) is 0 Å². The number of nitrogens with zero attached hydrogens (tertiary/aromatic N) is 2. The number of benzene rings is 1. The molecule has 0 N–H and O–H groups in total. The number of fused-ring (bicyclic) bond motifs is 1. The van der Waals surface area contributed by atoms with Gasteiger partial charge in [-0.25, -0.2) is 0 Å². The summed E-state index contributed by atoms with van der Waals surface area (Å²) in [5, 5.41) is 0.962. The maximum Gasteiger partial charge on any atom is 0.254 e. The molecule has 1 saturated heterocycles. The molecule has 0 atom stereocenters. The Bertz CT molecular complexity index is 630. The van der Waals surface area contributed by atoms with Gasteiger partial charge in [-0.05, 0) is 24.5 Å². The number of carbonyl (C=O) groups is 1. The minimum Gasteiger partial charge on any atom is -0.338 e. The molecular weight excluding hydrogens is 236 g/mol. The first kappa shape index (κ1) is 12.2. The summed E-state index contributed by atoms with van der Waals surface area (Å²) in [4.78, 5) is 19.1. The summed E-state index contributed by atoms with van der Waals surface area (Å²) in [6.07, 6.45) is 1.12. The van der Waals surface area contributed by atoms with Crippen molar-refractivity contribution in [3.05, 3.63) is 41.6 Å². The van der Waals surface area contributed by atoms with Crippen LogP contribution in [0.2, 0.25) is 0 Å². The standard InChI is InChI=1S/C16H18N2O/c1-11(2)15-10-13(16(19)18-8-5-9-18)12-6-3-4-7-14(12)17-15/h3-4,6-7,10-11H,5,8-9H2,1-2H3. The number of carbonyl (C=O) groups excluding carboxylic acids is 1. The van der Waals surface area contributed by atoms with E-state index >= 15 is 0 Å². The molecule has 1 aliphatic rings. The number of hydrogen-bond donors (Lipinski definition) is 0. The first-order valence-corrected chi connectivity index (χ1v) is 6.86. The van der Waals surface area contributed by atoms with Crippen molar-refractivity contribution in [1.29, 1.82) is 0 Å². The molecule has 1 aromatic heterocycles. The monoisotopic (exact) mass is 254 g/mol. The fourth-order valence-electron chi connectivity index (χ4n) is 2.36. The Morgan fingerprint density at radius 1 is 1.26 bits per heavy atom. The van der Waals surface area contributed by atoms with E-state index in [-0.39, 0.29) is 5.91 Å². The Kier molecular flexibility index (Phi) is 2.97. The molecule has 1 amide bonds. The van der Waals surface area contributed by atoms with Gasteiger partial charge in [0.1, 0.15) is 0 Å². The maximum absolute atomic E-state index is 12.5. The lowest BCUT2D eigenvalue weighted by atomic mass is 10.0. The van der Waals surface area contributed by atoms with Crippen molar-refractivity contribution in [3.63, 3.8) is 0 Å². The van der Waals surface area contributed by atoms with Gasteiger partial charge in [-0.2, -0.15) is 0 Å². The largest absolute Gasteiger partial charge is 0.338 e. The minimum absolute atomic E-state index is 0.145. The van der Waals surface area contributed by atoms with Crippen LogP contribution in [-0.4, -0.2) is 28.9 Å². The highest BCUT2D eigenvalue weighted by Gasteiger charge is 2.24. The zero-order chi connectivity index (χ0) is 13.4. The summed E-state index contributed by atoms with van der Waals surface area (Å²) in [6.45, 7) is 5.98. The van der Waals surface area contributed by atoms with Crippen LogP contribution in [0.25, 0.3) is 10.9 Å². The van der Waals surface area contributed by atoms with Crippen LogP contribution in [0.15, 0.2) is 30.3 Å². The smallest absolute Gasteiger partial charge is 0.254 e.